The fourth-order valence-corrected chi connectivity index (χ4v) is 0.938. The Hall–Kier alpha value is -0.790. The molecule has 0 unspecified atom stereocenters. The Kier molecular flexibility index (Phi) is 2.03. The van der Waals surface area contributed by atoms with E-state index in [1.54, 1.807) is 6.26 Å². The molecule has 11 heavy (non-hydrogen) atoms. The van der Waals surface area contributed by atoms with Crippen LogP contribution < -0.4 is 0 Å². The number of hydrogen-bond acceptors (Lipinski definition) is 2. The SMILES string of the molecule is Cc1coc(CC(C)(C)C)n1. The van der Waals surface area contributed by atoms with Gasteiger partial charge in [-0.1, -0.05) is 20.8 Å². The summed E-state index contributed by atoms with van der Waals surface area (Å²) >= 11 is 0. The first-order chi connectivity index (χ1) is 4.97. The molecule has 1 heterocycles. The normalized spacial score (nSPS) is 12.0. The molecule has 1 aromatic rings. The number of aromatic nitrogens is 1. The highest BCUT2D eigenvalue weighted by Crippen LogP contribution is 2.19. The maximum atomic E-state index is 5.23. The van der Waals surface area contributed by atoms with Crippen LogP contribution in [0.4, 0.5) is 0 Å². The Morgan fingerprint density at radius 3 is 2.45 bits per heavy atom. The van der Waals surface area contributed by atoms with E-state index in [1.807, 2.05) is 6.92 Å². The zero-order valence-electron chi connectivity index (χ0n) is 7.64. The molecule has 0 saturated heterocycles. The molecule has 0 aliphatic heterocycles. The van der Waals surface area contributed by atoms with Gasteiger partial charge in [0.2, 0.25) is 0 Å². The van der Waals surface area contributed by atoms with Gasteiger partial charge in [0.1, 0.15) is 6.26 Å². The quantitative estimate of drug-likeness (QED) is 0.619. The maximum Gasteiger partial charge on any atom is 0.194 e. The molecule has 0 aromatic carbocycles. The van der Waals surface area contributed by atoms with Gasteiger partial charge in [0.05, 0.1) is 5.69 Å². The van der Waals surface area contributed by atoms with Gasteiger partial charge < -0.3 is 4.42 Å². The number of oxazole rings is 1. The molecule has 0 spiro atoms. The first kappa shape index (κ1) is 8.31. The second-order valence-electron chi connectivity index (χ2n) is 4.12. The summed E-state index contributed by atoms with van der Waals surface area (Å²) in [6, 6.07) is 0. The van der Waals surface area contributed by atoms with Crippen LogP contribution in [0.25, 0.3) is 0 Å². The lowest BCUT2D eigenvalue weighted by Crippen LogP contribution is -2.09. The van der Waals surface area contributed by atoms with Crippen molar-refractivity contribution in [3.05, 3.63) is 17.8 Å². The van der Waals surface area contributed by atoms with Crippen LogP contribution >= 0.6 is 0 Å². The van der Waals surface area contributed by atoms with Crippen LogP contribution in [-0.2, 0) is 6.42 Å². The minimum Gasteiger partial charge on any atom is -0.449 e. The number of rotatable bonds is 1. The lowest BCUT2D eigenvalue weighted by molar-refractivity contribution is 0.354. The van der Waals surface area contributed by atoms with Gasteiger partial charge in [-0.05, 0) is 12.3 Å². The van der Waals surface area contributed by atoms with E-state index in [0.29, 0.717) is 0 Å². The predicted octanol–water partition coefficient (Wildman–Crippen LogP) is 2.57. The third-order valence-corrected chi connectivity index (χ3v) is 1.35. The molecule has 0 atom stereocenters. The Morgan fingerprint density at radius 2 is 2.09 bits per heavy atom. The van der Waals surface area contributed by atoms with Gasteiger partial charge in [-0.2, -0.15) is 0 Å². The standard InChI is InChI=1S/C9H15NO/c1-7-6-11-8(10-7)5-9(2,3)4/h6H,5H2,1-4H3. The summed E-state index contributed by atoms with van der Waals surface area (Å²) in [5, 5.41) is 0. The van der Waals surface area contributed by atoms with Crippen molar-refractivity contribution >= 4 is 0 Å². The van der Waals surface area contributed by atoms with Crippen molar-refractivity contribution in [3.63, 3.8) is 0 Å². The first-order valence-corrected chi connectivity index (χ1v) is 3.88. The minimum atomic E-state index is 0.261. The van der Waals surface area contributed by atoms with E-state index >= 15 is 0 Å². The summed E-state index contributed by atoms with van der Waals surface area (Å²) in [7, 11) is 0. The van der Waals surface area contributed by atoms with Crippen molar-refractivity contribution in [1.82, 2.24) is 4.98 Å². The van der Waals surface area contributed by atoms with Crippen LogP contribution in [0.5, 0.6) is 0 Å². The molecule has 0 fully saturated rings. The lowest BCUT2D eigenvalue weighted by atomic mass is 9.92. The second kappa shape index (κ2) is 2.68. The average Bonchev–Trinajstić information content (AvgIpc) is 2.10. The van der Waals surface area contributed by atoms with Gasteiger partial charge in [0.25, 0.3) is 0 Å². The molecule has 0 bridgehead atoms. The minimum absolute atomic E-state index is 0.261. The van der Waals surface area contributed by atoms with Crippen molar-refractivity contribution in [2.75, 3.05) is 0 Å². The number of hydrogen-bond donors (Lipinski definition) is 0. The molecular weight excluding hydrogens is 138 g/mol. The van der Waals surface area contributed by atoms with Gasteiger partial charge in [0, 0.05) is 6.42 Å². The predicted molar refractivity (Wildman–Crippen MR) is 44.4 cm³/mol. The van der Waals surface area contributed by atoms with E-state index in [1.165, 1.54) is 0 Å². The Labute approximate surface area is 67.6 Å². The molecule has 0 saturated carbocycles. The molecule has 0 amide bonds. The molecule has 0 radical (unpaired) electrons. The van der Waals surface area contributed by atoms with E-state index in [4.69, 9.17) is 4.42 Å². The zero-order chi connectivity index (χ0) is 8.48. The molecule has 62 valence electrons. The highest BCUT2D eigenvalue weighted by molar-refractivity contribution is 4.94. The Morgan fingerprint density at radius 1 is 1.45 bits per heavy atom. The third-order valence-electron chi connectivity index (χ3n) is 1.35. The van der Waals surface area contributed by atoms with E-state index in [2.05, 4.69) is 25.8 Å². The summed E-state index contributed by atoms with van der Waals surface area (Å²) in [6.45, 7) is 8.46. The van der Waals surface area contributed by atoms with Crippen LogP contribution in [0.15, 0.2) is 10.7 Å². The fraction of sp³-hybridized carbons (Fsp3) is 0.667. The molecule has 1 aromatic heterocycles. The first-order valence-electron chi connectivity index (χ1n) is 3.88. The smallest absolute Gasteiger partial charge is 0.194 e. The molecule has 0 N–H and O–H groups in total. The van der Waals surface area contributed by atoms with Gasteiger partial charge in [0.15, 0.2) is 5.89 Å². The van der Waals surface area contributed by atoms with Gasteiger partial charge in [-0.25, -0.2) is 4.98 Å². The van der Waals surface area contributed by atoms with E-state index in [-0.39, 0.29) is 5.41 Å². The van der Waals surface area contributed by atoms with Crippen molar-refractivity contribution in [2.45, 2.75) is 34.1 Å². The molecule has 0 aliphatic rings. The van der Waals surface area contributed by atoms with Crippen molar-refractivity contribution in [3.8, 4) is 0 Å². The van der Waals surface area contributed by atoms with Crippen LogP contribution in [0.2, 0.25) is 0 Å². The van der Waals surface area contributed by atoms with E-state index in [9.17, 15) is 0 Å². The number of nitrogens with zero attached hydrogens (tertiary/aromatic N) is 1. The van der Waals surface area contributed by atoms with Gasteiger partial charge in [-0.3, -0.25) is 0 Å². The molecule has 2 heteroatoms. The third kappa shape index (κ3) is 2.74. The zero-order valence-corrected chi connectivity index (χ0v) is 7.64. The van der Waals surface area contributed by atoms with Crippen molar-refractivity contribution in [2.24, 2.45) is 5.41 Å². The molecule has 1 rings (SSSR count). The highest BCUT2D eigenvalue weighted by atomic mass is 16.3. The van der Waals surface area contributed by atoms with Crippen molar-refractivity contribution in [1.29, 1.82) is 0 Å². The maximum absolute atomic E-state index is 5.23. The molecule has 2 nitrogen and oxygen atoms in total. The van der Waals surface area contributed by atoms with Gasteiger partial charge >= 0.3 is 0 Å². The van der Waals surface area contributed by atoms with E-state index in [0.717, 1.165) is 18.0 Å². The second-order valence-corrected chi connectivity index (χ2v) is 4.12. The highest BCUT2D eigenvalue weighted by Gasteiger charge is 2.14. The molecule has 0 aliphatic carbocycles. The Bertz CT molecular complexity index is 232. The van der Waals surface area contributed by atoms with Crippen LogP contribution in [0.3, 0.4) is 0 Å². The fourth-order valence-electron chi connectivity index (χ4n) is 0.938. The summed E-state index contributed by atoms with van der Waals surface area (Å²) in [5.41, 5.74) is 1.22. The largest absolute Gasteiger partial charge is 0.449 e. The summed E-state index contributed by atoms with van der Waals surface area (Å²) in [5.74, 6) is 0.843. The monoisotopic (exact) mass is 153 g/mol. The van der Waals surface area contributed by atoms with Crippen LogP contribution in [0, 0.1) is 12.3 Å². The van der Waals surface area contributed by atoms with Crippen LogP contribution in [0.1, 0.15) is 32.4 Å². The lowest BCUT2D eigenvalue weighted by Gasteiger charge is -2.14. The topological polar surface area (TPSA) is 26.0 Å². The van der Waals surface area contributed by atoms with Gasteiger partial charge in [-0.15, -0.1) is 0 Å². The number of aryl methyl sites for hydroxylation is 1. The van der Waals surface area contributed by atoms with E-state index < -0.39 is 0 Å². The molecular formula is C9H15NO. The summed E-state index contributed by atoms with van der Waals surface area (Å²) in [4.78, 5) is 4.23. The Balaban J connectivity index is 2.65. The summed E-state index contributed by atoms with van der Waals surface area (Å²) in [6.07, 6.45) is 2.60. The summed E-state index contributed by atoms with van der Waals surface area (Å²) < 4.78 is 5.23. The van der Waals surface area contributed by atoms with Crippen LogP contribution in [-0.4, -0.2) is 4.98 Å². The average molecular weight is 153 g/mol. The van der Waals surface area contributed by atoms with Crippen molar-refractivity contribution < 1.29 is 4.42 Å².